The van der Waals surface area contributed by atoms with Crippen molar-refractivity contribution in [3.05, 3.63) is 83.8 Å². The van der Waals surface area contributed by atoms with E-state index in [4.69, 9.17) is 4.42 Å². The quantitative estimate of drug-likeness (QED) is 0.554. The number of rotatable bonds is 7. The predicted molar refractivity (Wildman–Crippen MR) is 99.1 cm³/mol. The SMILES string of the molecule is CC(Cc1nnc(SCC=Cc2ccccc2)o1)c1ccccc1. The Labute approximate surface area is 146 Å². The zero-order chi connectivity index (χ0) is 16.6. The van der Waals surface area contributed by atoms with Gasteiger partial charge in [-0.25, -0.2) is 0 Å². The standard InChI is InChI=1S/C20H20N2OS/c1-16(18-12-6-3-7-13-18)15-19-21-22-20(23-19)24-14-8-11-17-9-4-2-5-10-17/h2-13,16H,14-15H2,1H3. The van der Waals surface area contributed by atoms with Gasteiger partial charge in [0.2, 0.25) is 5.89 Å². The number of hydrogen-bond acceptors (Lipinski definition) is 4. The van der Waals surface area contributed by atoms with Crippen molar-refractivity contribution in [2.75, 3.05) is 5.75 Å². The second kappa shape index (κ2) is 8.50. The molecule has 2 aromatic carbocycles. The molecule has 3 aromatic rings. The molecule has 0 bridgehead atoms. The second-order valence-electron chi connectivity index (χ2n) is 5.60. The summed E-state index contributed by atoms with van der Waals surface area (Å²) >= 11 is 1.56. The van der Waals surface area contributed by atoms with Gasteiger partial charge in [0.25, 0.3) is 5.22 Å². The molecule has 0 spiro atoms. The molecule has 0 saturated carbocycles. The molecule has 0 fully saturated rings. The summed E-state index contributed by atoms with van der Waals surface area (Å²) in [7, 11) is 0. The summed E-state index contributed by atoms with van der Waals surface area (Å²) in [4.78, 5) is 0. The topological polar surface area (TPSA) is 38.9 Å². The van der Waals surface area contributed by atoms with Crippen LogP contribution in [0.4, 0.5) is 0 Å². The van der Waals surface area contributed by atoms with Gasteiger partial charge in [-0.15, -0.1) is 10.2 Å². The van der Waals surface area contributed by atoms with Gasteiger partial charge in [0.15, 0.2) is 0 Å². The zero-order valence-corrected chi connectivity index (χ0v) is 14.4. The molecule has 0 amide bonds. The Bertz CT molecular complexity index is 769. The van der Waals surface area contributed by atoms with Crippen molar-refractivity contribution < 1.29 is 4.42 Å². The van der Waals surface area contributed by atoms with E-state index in [2.05, 4.69) is 65.7 Å². The van der Waals surface area contributed by atoms with Gasteiger partial charge in [-0.2, -0.15) is 0 Å². The fourth-order valence-electron chi connectivity index (χ4n) is 2.41. The molecule has 1 atom stereocenters. The largest absolute Gasteiger partial charge is 0.416 e. The molecule has 1 unspecified atom stereocenters. The maximum atomic E-state index is 5.73. The number of aromatic nitrogens is 2. The summed E-state index contributed by atoms with van der Waals surface area (Å²) in [6, 6.07) is 20.6. The summed E-state index contributed by atoms with van der Waals surface area (Å²) in [5.41, 5.74) is 2.48. The lowest BCUT2D eigenvalue weighted by Crippen LogP contribution is -1.98. The molecule has 1 aromatic heterocycles. The summed E-state index contributed by atoms with van der Waals surface area (Å²) < 4.78 is 5.73. The van der Waals surface area contributed by atoms with Crippen LogP contribution in [-0.2, 0) is 6.42 Å². The van der Waals surface area contributed by atoms with Crippen molar-refractivity contribution in [2.45, 2.75) is 24.5 Å². The summed E-state index contributed by atoms with van der Waals surface area (Å²) in [5.74, 6) is 1.87. The minimum absolute atomic E-state index is 0.363. The van der Waals surface area contributed by atoms with Gasteiger partial charge in [-0.3, -0.25) is 0 Å². The van der Waals surface area contributed by atoms with E-state index in [1.807, 2.05) is 24.3 Å². The highest BCUT2D eigenvalue weighted by molar-refractivity contribution is 7.99. The molecule has 0 radical (unpaired) electrons. The molecule has 0 aliphatic carbocycles. The van der Waals surface area contributed by atoms with Crippen LogP contribution < -0.4 is 0 Å². The van der Waals surface area contributed by atoms with Crippen LogP contribution >= 0.6 is 11.8 Å². The Morgan fingerprint density at radius 1 is 1.00 bits per heavy atom. The first-order chi connectivity index (χ1) is 11.8. The van der Waals surface area contributed by atoms with E-state index in [0.29, 0.717) is 17.0 Å². The van der Waals surface area contributed by atoms with Crippen molar-refractivity contribution in [1.29, 1.82) is 0 Å². The number of nitrogens with zero attached hydrogens (tertiary/aromatic N) is 2. The fourth-order valence-corrected chi connectivity index (χ4v) is 3.00. The molecule has 3 rings (SSSR count). The van der Waals surface area contributed by atoms with Crippen molar-refractivity contribution in [1.82, 2.24) is 10.2 Å². The molecule has 0 N–H and O–H groups in total. The normalized spacial score (nSPS) is 12.5. The molecule has 1 heterocycles. The third-order valence-corrected chi connectivity index (χ3v) is 4.48. The van der Waals surface area contributed by atoms with E-state index in [1.165, 1.54) is 11.1 Å². The van der Waals surface area contributed by atoms with Crippen LogP contribution in [0, 0.1) is 0 Å². The van der Waals surface area contributed by atoms with E-state index in [-0.39, 0.29) is 0 Å². The van der Waals surface area contributed by atoms with E-state index < -0.39 is 0 Å². The minimum Gasteiger partial charge on any atom is -0.416 e. The van der Waals surface area contributed by atoms with E-state index in [9.17, 15) is 0 Å². The molecule has 3 nitrogen and oxygen atoms in total. The Morgan fingerprint density at radius 3 is 2.46 bits per heavy atom. The van der Waals surface area contributed by atoms with Crippen LogP contribution in [0.2, 0.25) is 0 Å². The molecular weight excluding hydrogens is 316 g/mol. The molecule has 4 heteroatoms. The predicted octanol–water partition coefficient (Wildman–Crippen LogP) is 5.22. The summed E-state index contributed by atoms with van der Waals surface area (Å²) in [6.45, 7) is 2.18. The first-order valence-corrected chi connectivity index (χ1v) is 9.01. The van der Waals surface area contributed by atoms with Crippen LogP contribution in [0.1, 0.15) is 29.9 Å². The third kappa shape index (κ3) is 4.83. The highest BCUT2D eigenvalue weighted by Gasteiger charge is 2.12. The number of benzene rings is 2. The lowest BCUT2D eigenvalue weighted by Gasteiger charge is -2.08. The highest BCUT2D eigenvalue weighted by Crippen LogP contribution is 2.22. The van der Waals surface area contributed by atoms with Gasteiger partial charge < -0.3 is 4.42 Å². The minimum atomic E-state index is 0.363. The van der Waals surface area contributed by atoms with E-state index >= 15 is 0 Å². The average Bonchev–Trinajstić information content (AvgIpc) is 3.08. The van der Waals surface area contributed by atoms with Gasteiger partial charge in [0.1, 0.15) is 0 Å². The molecule has 24 heavy (non-hydrogen) atoms. The zero-order valence-electron chi connectivity index (χ0n) is 13.6. The molecule has 0 aliphatic rings. The van der Waals surface area contributed by atoms with Gasteiger partial charge in [0, 0.05) is 12.2 Å². The monoisotopic (exact) mass is 336 g/mol. The smallest absolute Gasteiger partial charge is 0.276 e. The third-order valence-electron chi connectivity index (χ3n) is 3.71. The Hall–Kier alpha value is -2.33. The van der Waals surface area contributed by atoms with Crippen molar-refractivity contribution in [3.8, 4) is 0 Å². The fraction of sp³-hybridized carbons (Fsp3) is 0.200. The van der Waals surface area contributed by atoms with Crippen LogP contribution in [0.15, 0.2) is 76.4 Å². The average molecular weight is 336 g/mol. The summed E-state index contributed by atoms with van der Waals surface area (Å²) in [5, 5.41) is 8.90. The van der Waals surface area contributed by atoms with E-state index in [1.54, 1.807) is 11.8 Å². The Balaban J connectivity index is 1.50. The maximum absolute atomic E-state index is 5.73. The van der Waals surface area contributed by atoms with Gasteiger partial charge in [-0.1, -0.05) is 91.5 Å². The van der Waals surface area contributed by atoms with Gasteiger partial charge >= 0.3 is 0 Å². The maximum Gasteiger partial charge on any atom is 0.276 e. The van der Waals surface area contributed by atoms with Crippen LogP contribution in [0.3, 0.4) is 0 Å². The molecule has 0 aliphatic heterocycles. The highest BCUT2D eigenvalue weighted by atomic mass is 32.2. The van der Waals surface area contributed by atoms with Crippen molar-refractivity contribution >= 4 is 17.8 Å². The number of hydrogen-bond donors (Lipinski definition) is 0. The summed E-state index contributed by atoms with van der Waals surface area (Å²) in [6.07, 6.45) is 4.97. The van der Waals surface area contributed by atoms with Gasteiger partial charge in [-0.05, 0) is 17.0 Å². The molecular formula is C20H20N2OS. The first kappa shape index (κ1) is 16.5. The van der Waals surface area contributed by atoms with Crippen molar-refractivity contribution in [2.24, 2.45) is 0 Å². The van der Waals surface area contributed by atoms with E-state index in [0.717, 1.165) is 12.2 Å². The van der Waals surface area contributed by atoms with Crippen molar-refractivity contribution in [3.63, 3.8) is 0 Å². The first-order valence-electron chi connectivity index (χ1n) is 8.03. The Kier molecular flexibility index (Phi) is 5.85. The second-order valence-corrected chi connectivity index (χ2v) is 6.57. The van der Waals surface area contributed by atoms with Crippen LogP contribution in [0.5, 0.6) is 0 Å². The number of thioether (sulfide) groups is 1. The lowest BCUT2D eigenvalue weighted by atomic mass is 9.98. The lowest BCUT2D eigenvalue weighted by molar-refractivity contribution is 0.405. The van der Waals surface area contributed by atoms with Gasteiger partial charge in [0.05, 0.1) is 0 Å². The Morgan fingerprint density at radius 2 is 1.71 bits per heavy atom. The molecule has 122 valence electrons. The van der Waals surface area contributed by atoms with Crippen LogP contribution in [0.25, 0.3) is 6.08 Å². The molecule has 0 saturated heterocycles. The van der Waals surface area contributed by atoms with Crippen LogP contribution in [-0.4, -0.2) is 16.0 Å².